The van der Waals surface area contributed by atoms with Crippen LogP contribution in [0.25, 0.3) is 0 Å². The number of nitrogens with zero attached hydrogens (tertiary/aromatic N) is 3. The van der Waals surface area contributed by atoms with Crippen molar-refractivity contribution in [2.24, 2.45) is 0 Å². The first-order valence-corrected chi connectivity index (χ1v) is 12.6. The van der Waals surface area contributed by atoms with Crippen LogP contribution in [0.3, 0.4) is 0 Å². The molecule has 0 radical (unpaired) electrons. The van der Waals surface area contributed by atoms with E-state index in [0.29, 0.717) is 32.2 Å². The van der Waals surface area contributed by atoms with Crippen LogP contribution in [0.2, 0.25) is 0 Å². The maximum atomic E-state index is 12.4. The minimum absolute atomic E-state index is 0.0563. The van der Waals surface area contributed by atoms with Gasteiger partial charge in [0.25, 0.3) is 5.91 Å². The lowest BCUT2D eigenvalue weighted by atomic mass is 10.3. The van der Waals surface area contributed by atoms with Gasteiger partial charge in [0.05, 0.1) is 22.7 Å². The number of hydrogen-bond acceptors (Lipinski definition) is 9. The standard InChI is InChI=1S/C19H21N5O4S3/c1-11-16(17(26)24(2)3)30-19(20-11)23-15(25)9-13-10-29-18(22-13)21-12-5-7-14(8-6-12)31(4,27)28/h5-8,10H,9H2,1-4H3,(H,21,22)(H,20,23,25). The van der Waals surface area contributed by atoms with Crippen LogP contribution in [0.5, 0.6) is 0 Å². The molecule has 3 rings (SSSR count). The first-order chi connectivity index (χ1) is 14.5. The maximum absolute atomic E-state index is 12.4. The van der Waals surface area contributed by atoms with Crippen molar-refractivity contribution in [3.63, 3.8) is 0 Å². The second-order valence-corrected chi connectivity index (χ2v) is 10.8. The molecule has 3 aromatic rings. The number of sulfone groups is 1. The van der Waals surface area contributed by atoms with E-state index in [1.807, 2.05) is 0 Å². The molecule has 1 aromatic carbocycles. The third-order valence-electron chi connectivity index (χ3n) is 4.07. The van der Waals surface area contributed by atoms with Gasteiger partial charge >= 0.3 is 0 Å². The molecule has 0 saturated carbocycles. The predicted molar refractivity (Wildman–Crippen MR) is 122 cm³/mol. The van der Waals surface area contributed by atoms with Gasteiger partial charge < -0.3 is 15.5 Å². The van der Waals surface area contributed by atoms with Gasteiger partial charge in [-0.2, -0.15) is 0 Å². The van der Waals surface area contributed by atoms with Gasteiger partial charge in [-0.25, -0.2) is 18.4 Å². The highest BCUT2D eigenvalue weighted by molar-refractivity contribution is 7.90. The van der Waals surface area contributed by atoms with Crippen LogP contribution < -0.4 is 10.6 Å². The van der Waals surface area contributed by atoms with Crippen molar-refractivity contribution in [1.29, 1.82) is 0 Å². The molecule has 0 aliphatic carbocycles. The fraction of sp³-hybridized carbons (Fsp3) is 0.263. The molecule has 2 amide bonds. The Morgan fingerprint density at radius 3 is 2.39 bits per heavy atom. The SMILES string of the molecule is Cc1nc(NC(=O)Cc2csc(Nc3ccc(S(C)(=O)=O)cc3)n2)sc1C(=O)N(C)C. The van der Waals surface area contributed by atoms with Gasteiger partial charge in [-0.3, -0.25) is 9.59 Å². The molecule has 164 valence electrons. The lowest BCUT2D eigenvalue weighted by molar-refractivity contribution is -0.115. The summed E-state index contributed by atoms with van der Waals surface area (Å²) in [4.78, 5) is 35.3. The Hall–Kier alpha value is -2.83. The minimum atomic E-state index is -3.25. The van der Waals surface area contributed by atoms with Gasteiger partial charge in [-0.15, -0.1) is 11.3 Å². The zero-order valence-electron chi connectivity index (χ0n) is 17.3. The molecule has 0 fully saturated rings. The Morgan fingerprint density at radius 1 is 1.10 bits per heavy atom. The smallest absolute Gasteiger partial charge is 0.265 e. The van der Waals surface area contributed by atoms with E-state index >= 15 is 0 Å². The zero-order chi connectivity index (χ0) is 22.8. The summed E-state index contributed by atoms with van der Waals surface area (Å²) in [5, 5.41) is 8.51. The third-order valence-corrected chi connectivity index (χ3v) is 7.07. The molecular formula is C19H21N5O4S3. The molecule has 0 aliphatic heterocycles. The lowest BCUT2D eigenvalue weighted by Gasteiger charge is -2.07. The number of amides is 2. The molecule has 2 heterocycles. The number of aromatic nitrogens is 2. The Balaban J connectivity index is 1.60. The third kappa shape index (κ3) is 5.87. The molecule has 2 aromatic heterocycles. The first-order valence-electron chi connectivity index (χ1n) is 9.03. The van der Waals surface area contributed by atoms with E-state index in [0.717, 1.165) is 17.6 Å². The number of aryl methyl sites for hydroxylation is 1. The van der Waals surface area contributed by atoms with Crippen molar-refractivity contribution in [2.75, 3.05) is 31.0 Å². The molecule has 12 heteroatoms. The summed E-state index contributed by atoms with van der Waals surface area (Å²) in [6, 6.07) is 6.35. The molecule has 2 N–H and O–H groups in total. The van der Waals surface area contributed by atoms with Crippen molar-refractivity contribution in [2.45, 2.75) is 18.2 Å². The quantitative estimate of drug-likeness (QED) is 0.534. The van der Waals surface area contributed by atoms with Gasteiger partial charge in [0.1, 0.15) is 4.88 Å². The van der Waals surface area contributed by atoms with E-state index in [4.69, 9.17) is 0 Å². The van der Waals surface area contributed by atoms with Crippen LogP contribution in [0.15, 0.2) is 34.5 Å². The molecule has 0 bridgehead atoms. The number of thiazole rings is 2. The predicted octanol–water partition coefficient (Wildman–Crippen LogP) is 2.94. The van der Waals surface area contributed by atoms with Crippen molar-refractivity contribution >= 4 is 60.3 Å². The number of nitrogens with one attached hydrogen (secondary N) is 2. The van der Waals surface area contributed by atoms with E-state index in [2.05, 4.69) is 20.6 Å². The minimum Gasteiger partial charge on any atom is -0.344 e. The summed E-state index contributed by atoms with van der Waals surface area (Å²) in [5.41, 5.74) is 1.84. The number of rotatable bonds is 7. The lowest BCUT2D eigenvalue weighted by Crippen LogP contribution is -2.21. The Morgan fingerprint density at radius 2 is 1.77 bits per heavy atom. The average Bonchev–Trinajstić information content (AvgIpc) is 3.26. The van der Waals surface area contributed by atoms with E-state index in [1.165, 1.54) is 28.4 Å². The van der Waals surface area contributed by atoms with Crippen molar-refractivity contribution < 1.29 is 18.0 Å². The number of hydrogen-bond donors (Lipinski definition) is 2. The summed E-state index contributed by atoms with van der Waals surface area (Å²) in [5.74, 6) is -0.442. The molecular weight excluding hydrogens is 458 g/mol. The summed E-state index contributed by atoms with van der Waals surface area (Å²) in [6.45, 7) is 1.73. The topological polar surface area (TPSA) is 121 Å². The molecule has 0 spiro atoms. The van der Waals surface area contributed by atoms with Gasteiger partial charge in [0.15, 0.2) is 20.1 Å². The summed E-state index contributed by atoms with van der Waals surface area (Å²) < 4.78 is 23.1. The second-order valence-electron chi connectivity index (χ2n) is 6.92. The van der Waals surface area contributed by atoms with Crippen molar-refractivity contribution in [3.8, 4) is 0 Å². The van der Waals surface area contributed by atoms with Crippen LogP contribution in [-0.4, -0.2) is 55.5 Å². The van der Waals surface area contributed by atoms with E-state index in [-0.39, 0.29) is 23.1 Å². The van der Waals surface area contributed by atoms with Crippen molar-refractivity contribution in [3.05, 3.63) is 45.9 Å². The number of benzene rings is 1. The van der Waals surface area contributed by atoms with Gasteiger partial charge in [-0.05, 0) is 31.2 Å². The molecule has 0 unspecified atom stereocenters. The molecule has 9 nitrogen and oxygen atoms in total. The molecule has 0 saturated heterocycles. The highest BCUT2D eigenvalue weighted by Crippen LogP contribution is 2.25. The summed E-state index contributed by atoms with van der Waals surface area (Å²) >= 11 is 2.47. The fourth-order valence-corrected chi connectivity index (χ4v) is 4.90. The van der Waals surface area contributed by atoms with E-state index in [9.17, 15) is 18.0 Å². The summed E-state index contributed by atoms with van der Waals surface area (Å²) in [6.07, 6.45) is 1.21. The van der Waals surface area contributed by atoms with E-state index in [1.54, 1.807) is 38.5 Å². The van der Waals surface area contributed by atoms with Gasteiger partial charge in [-0.1, -0.05) is 11.3 Å². The monoisotopic (exact) mass is 479 g/mol. The van der Waals surface area contributed by atoms with E-state index < -0.39 is 9.84 Å². The van der Waals surface area contributed by atoms with Crippen molar-refractivity contribution in [1.82, 2.24) is 14.9 Å². The Bertz CT molecular complexity index is 1210. The Labute approximate surface area is 188 Å². The number of carbonyl (C=O) groups excluding carboxylic acids is 2. The fourth-order valence-electron chi connectivity index (χ4n) is 2.53. The van der Waals surface area contributed by atoms with Gasteiger partial charge in [0.2, 0.25) is 5.91 Å². The Kier molecular flexibility index (Phi) is 6.72. The van der Waals surface area contributed by atoms with Crippen LogP contribution in [0.1, 0.15) is 21.1 Å². The first kappa shape index (κ1) is 22.8. The number of carbonyl (C=O) groups is 2. The van der Waals surface area contributed by atoms with Crippen LogP contribution in [-0.2, 0) is 21.1 Å². The maximum Gasteiger partial charge on any atom is 0.265 e. The normalized spacial score (nSPS) is 11.2. The molecule has 0 atom stereocenters. The molecule has 31 heavy (non-hydrogen) atoms. The van der Waals surface area contributed by atoms with Gasteiger partial charge in [0, 0.05) is 31.4 Å². The second kappa shape index (κ2) is 9.12. The van der Waals surface area contributed by atoms with Crippen LogP contribution in [0, 0.1) is 6.92 Å². The summed E-state index contributed by atoms with van der Waals surface area (Å²) in [7, 11) is 0.0721. The number of anilines is 3. The highest BCUT2D eigenvalue weighted by atomic mass is 32.2. The largest absolute Gasteiger partial charge is 0.344 e. The zero-order valence-corrected chi connectivity index (χ0v) is 19.7. The molecule has 0 aliphatic rings. The average molecular weight is 480 g/mol. The highest BCUT2D eigenvalue weighted by Gasteiger charge is 2.18. The van der Waals surface area contributed by atoms with Crippen LogP contribution >= 0.6 is 22.7 Å². The van der Waals surface area contributed by atoms with Crippen LogP contribution in [0.4, 0.5) is 16.0 Å².